The summed E-state index contributed by atoms with van der Waals surface area (Å²) in [5, 5.41) is 11.7. The lowest BCUT2D eigenvalue weighted by atomic mass is 10.1. The summed E-state index contributed by atoms with van der Waals surface area (Å²) in [5.74, 6) is 0.762. The molecule has 1 N–H and O–H groups in total. The van der Waals surface area contributed by atoms with Crippen molar-refractivity contribution in [2.75, 3.05) is 14.2 Å². The van der Waals surface area contributed by atoms with Gasteiger partial charge in [-0.05, 0) is 37.3 Å². The molecular formula is C28H23NO6S. The van der Waals surface area contributed by atoms with Crippen molar-refractivity contribution >= 4 is 33.6 Å². The molecule has 0 radical (unpaired) electrons. The smallest absolute Gasteiger partial charge is 0.354 e. The van der Waals surface area contributed by atoms with Gasteiger partial charge in [0.25, 0.3) is 5.56 Å². The highest BCUT2D eigenvalue weighted by atomic mass is 32.2. The standard InChI is InChI=1S/C28H23NO6S/c1-16-7-6-9-19(13-16)36-26-24(30)23-25(35-28(26)32)20-12-11-18(33-2)14-21(20)29(27(23)31)15-17-8-4-5-10-22(17)34-3/h4-14,30H,15H2,1-3H3. The molecule has 5 aromatic rings. The van der Waals surface area contributed by atoms with Crippen molar-refractivity contribution in [2.45, 2.75) is 23.3 Å². The predicted molar refractivity (Wildman–Crippen MR) is 140 cm³/mol. The van der Waals surface area contributed by atoms with Gasteiger partial charge in [0.15, 0.2) is 11.3 Å². The van der Waals surface area contributed by atoms with Gasteiger partial charge in [-0.1, -0.05) is 47.7 Å². The molecule has 0 atom stereocenters. The number of fused-ring (bicyclic) bond motifs is 3. The number of hydrogen-bond donors (Lipinski definition) is 1. The minimum absolute atomic E-state index is 0.0324. The van der Waals surface area contributed by atoms with Crippen LogP contribution in [0, 0.1) is 6.92 Å². The molecule has 0 saturated carbocycles. The highest BCUT2D eigenvalue weighted by molar-refractivity contribution is 7.99. The fourth-order valence-electron chi connectivity index (χ4n) is 4.24. The molecule has 0 saturated heterocycles. The van der Waals surface area contributed by atoms with Crippen LogP contribution in [-0.2, 0) is 6.54 Å². The van der Waals surface area contributed by atoms with Crippen LogP contribution in [0.5, 0.6) is 17.2 Å². The Labute approximate surface area is 210 Å². The molecule has 0 aliphatic heterocycles. The number of nitrogens with zero attached hydrogens (tertiary/aromatic N) is 1. The maximum atomic E-state index is 13.9. The Hall–Kier alpha value is -4.17. The summed E-state index contributed by atoms with van der Waals surface area (Å²) in [5.41, 5.74) is 1.10. The third-order valence-corrected chi connectivity index (χ3v) is 7.04. The predicted octanol–water partition coefficient (Wildman–Crippen LogP) is 5.34. The molecule has 2 aromatic heterocycles. The molecular weight excluding hydrogens is 478 g/mol. The van der Waals surface area contributed by atoms with Crippen molar-refractivity contribution in [1.82, 2.24) is 4.57 Å². The quantitative estimate of drug-likeness (QED) is 0.314. The highest BCUT2D eigenvalue weighted by Crippen LogP contribution is 2.38. The van der Waals surface area contributed by atoms with E-state index in [0.29, 0.717) is 22.4 Å². The molecule has 2 heterocycles. The van der Waals surface area contributed by atoms with Crippen molar-refractivity contribution in [3.05, 3.63) is 98.6 Å². The van der Waals surface area contributed by atoms with Crippen molar-refractivity contribution in [2.24, 2.45) is 0 Å². The van der Waals surface area contributed by atoms with E-state index in [2.05, 4.69) is 0 Å². The van der Waals surface area contributed by atoms with Gasteiger partial charge in [0, 0.05) is 21.9 Å². The first-order valence-electron chi connectivity index (χ1n) is 11.2. The number of pyridine rings is 1. The average Bonchev–Trinajstić information content (AvgIpc) is 2.88. The summed E-state index contributed by atoms with van der Waals surface area (Å²) in [4.78, 5) is 27.6. The number of aromatic nitrogens is 1. The normalized spacial score (nSPS) is 11.2. The monoisotopic (exact) mass is 501 g/mol. The molecule has 0 spiro atoms. The van der Waals surface area contributed by atoms with Crippen LogP contribution >= 0.6 is 11.8 Å². The Kier molecular flexibility index (Phi) is 6.20. The van der Waals surface area contributed by atoms with Gasteiger partial charge in [0.1, 0.15) is 21.8 Å². The van der Waals surface area contributed by atoms with Gasteiger partial charge in [-0.15, -0.1) is 0 Å². The largest absolute Gasteiger partial charge is 0.505 e. The highest BCUT2D eigenvalue weighted by Gasteiger charge is 2.23. The first-order valence-corrected chi connectivity index (χ1v) is 12.0. The summed E-state index contributed by atoms with van der Waals surface area (Å²) in [7, 11) is 3.10. The summed E-state index contributed by atoms with van der Waals surface area (Å²) >= 11 is 1.06. The van der Waals surface area contributed by atoms with E-state index < -0.39 is 16.9 Å². The number of aromatic hydroxyl groups is 1. The summed E-state index contributed by atoms with van der Waals surface area (Å²) in [6, 6.07) is 20.0. The lowest BCUT2D eigenvalue weighted by molar-refractivity contribution is 0.408. The Morgan fingerprint density at radius 3 is 2.53 bits per heavy atom. The number of para-hydroxylation sites is 1. The Morgan fingerprint density at radius 2 is 1.78 bits per heavy atom. The van der Waals surface area contributed by atoms with Crippen molar-refractivity contribution in [3.8, 4) is 17.2 Å². The number of hydrogen-bond acceptors (Lipinski definition) is 7. The van der Waals surface area contributed by atoms with Gasteiger partial charge >= 0.3 is 5.63 Å². The number of methoxy groups -OCH3 is 2. The number of aryl methyl sites for hydroxylation is 1. The maximum Gasteiger partial charge on any atom is 0.354 e. The average molecular weight is 502 g/mol. The summed E-state index contributed by atoms with van der Waals surface area (Å²) in [6.45, 7) is 2.10. The van der Waals surface area contributed by atoms with Crippen molar-refractivity contribution < 1.29 is 19.0 Å². The van der Waals surface area contributed by atoms with Crippen LogP contribution in [0.3, 0.4) is 0 Å². The molecule has 36 heavy (non-hydrogen) atoms. The second-order valence-corrected chi connectivity index (χ2v) is 9.36. The molecule has 8 heteroatoms. The number of ether oxygens (including phenoxy) is 2. The number of rotatable bonds is 6. The van der Waals surface area contributed by atoms with E-state index in [1.54, 1.807) is 25.3 Å². The second-order valence-electron chi connectivity index (χ2n) is 8.28. The fraction of sp³-hybridized carbons (Fsp3) is 0.143. The molecule has 0 unspecified atom stereocenters. The molecule has 0 fully saturated rings. The van der Waals surface area contributed by atoms with Crippen LogP contribution in [0.2, 0.25) is 0 Å². The molecule has 0 amide bonds. The molecule has 0 aliphatic carbocycles. The third kappa shape index (κ3) is 4.09. The topological polar surface area (TPSA) is 90.9 Å². The lowest BCUT2D eigenvalue weighted by Gasteiger charge is -2.16. The minimum atomic E-state index is -0.717. The van der Waals surface area contributed by atoms with E-state index in [4.69, 9.17) is 13.9 Å². The minimum Gasteiger partial charge on any atom is -0.505 e. The Bertz CT molecular complexity index is 1740. The van der Waals surface area contributed by atoms with Gasteiger partial charge in [0.2, 0.25) is 0 Å². The summed E-state index contributed by atoms with van der Waals surface area (Å²) in [6.07, 6.45) is 0. The third-order valence-electron chi connectivity index (χ3n) is 5.99. The van der Waals surface area contributed by atoms with Crippen LogP contribution in [0.1, 0.15) is 11.1 Å². The van der Waals surface area contributed by atoms with Crippen LogP contribution < -0.4 is 20.7 Å². The van der Waals surface area contributed by atoms with E-state index in [9.17, 15) is 14.7 Å². The zero-order valence-corrected chi connectivity index (χ0v) is 20.7. The molecule has 3 aromatic carbocycles. The number of benzene rings is 3. The Balaban J connectivity index is 1.81. The van der Waals surface area contributed by atoms with Gasteiger partial charge in [0.05, 0.1) is 26.3 Å². The van der Waals surface area contributed by atoms with E-state index in [0.717, 1.165) is 27.8 Å². The molecule has 5 rings (SSSR count). The fourth-order valence-corrected chi connectivity index (χ4v) is 5.19. The van der Waals surface area contributed by atoms with Crippen LogP contribution in [-0.4, -0.2) is 23.9 Å². The van der Waals surface area contributed by atoms with Gasteiger partial charge in [-0.2, -0.15) is 0 Å². The molecule has 0 aliphatic rings. The SMILES string of the molecule is COc1ccc2c3oc(=O)c(Sc4cccc(C)c4)c(O)c3c(=O)n(Cc3ccccc3OC)c2c1. The zero-order chi connectivity index (χ0) is 25.4. The van der Waals surface area contributed by atoms with E-state index in [-0.39, 0.29) is 22.4 Å². The van der Waals surface area contributed by atoms with E-state index in [1.807, 2.05) is 55.5 Å². The first kappa shape index (κ1) is 23.6. The molecule has 7 nitrogen and oxygen atoms in total. The zero-order valence-electron chi connectivity index (χ0n) is 19.9. The molecule has 182 valence electrons. The van der Waals surface area contributed by atoms with Crippen molar-refractivity contribution in [3.63, 3.8) is 0 Å². The van der Waals surface area contributed by atoms with E-state index >= 15 is 0 Å². The maximum absolute atomic E-state index is 13.9. The summed E-state index contributed by atoms with van der Waals surface area (Å²) < 4.78 is 18.1. The van der Waals surface area contributed by atoms with Crippen LogP contribution in [0.4, 0.5) is 0 Å². The van der Waals surface area contributed by atoms with Gasteiger partial charge < -0.3 is 23.6 Å². The first-order chi connectivity index (χ1) is 17.4. The van der Waals surface area contributed by atoms with Gasteiger partial charge in [-0.3, -0.25) is 4.79 Å². The Morgan fingerprint density at radius 1 is 0.972 bits per heavy atom. The lowest BCUT2D eigenvalue weighted by Crippen LogP contribution is -2.23. The van der Waals surface area contributed by atoms with Crippen LogP contribution in [0.15, 0.2) is 90.5 Å². The van der Waals surface area contributed by atoms with Crippen molar-refractivity contribution in [1.29, 1.82) is 0 Å². The second kappa shape index (κ2) is 9.47. The van der Waals surface area contributed by atoms with E-state index in [1.165, 1.54) is 11.7 Å². The molecule has 0 bridgehead atoms. The van der Waals surface area contributed by atoms with Crippen LogP contribution in [0.25, 0.3) is 21.9 Å². The van der Waals surface area contributed by atoms with Gasteiger partial charge in [-0.25, -0.2) is 4.79 Å².